The first-order valence-electron chi connectivity index (χ1n) is 11.8. The van der Waals surface area contributed by atoms with Crippen LogP contribution in [-0.4, -0.2) is 23.2 Å². The largest absolute Gasteiger partial charge is 2.00 e. The Morgan fingerprint density at radius 2 is 1.12 bits per heavy atom. The van der Waals surface area contributed by atoms with Crippen LogP contribution < -0.4 is 0 Å². The minimum atomic E-state index is 0. The first kappa shape index (κ1) is 32.4. The molecule has 4 aromatic rings. The number of hydrogen-bond acceptors (Lipinski definition) is 2. The molecule has 0 saturated heterocycles. The Hall–Kier alpha value is -1.64. The van der Waals surface area contributed by atoms with E-state index in [1.807, 2.05) is 60.7 Å². The summed E-state index contributed by atoms with van der Waals surface area (Å²) in [5.74, 6) is 0. The molecule has 0 atom stereocenters. The molecule has 0 aliphatic carbocycles. The van der Waals surface area contributed by atoms with Crippen molar-refractivity contribution in [2.24, 2.45) is 0 Å². The van der Waals surface area contributed by atoms with Crippen LogP contribution in [0.5, 0.6) is 0 Å². The van der Waals surface area contributed by atoms with Crippen molar-refractivity contribution < 1.29 is 39.2 Å². The topological polar surface area (TPSA) is 23.5 Å². The molecule has 4 heteroatoms. The molecule has 34 heavy (non-hydrogen) atoms. The number of rotatable bonds is 10. The van der Waals surface area contributed by atoms with Crippen molar-refractivity contribution >= 4 is 0 Å². The molecule has 2 nitrogen and oxygen atoms in total. The van der Waals surface area contributed by atoms with Crippen molar-refractivity contribution in [1.29, 1.82) is 0 Å². The molecule has 0 spiro atoms. The zero-order valence-electron chi connectivity index (χ0n) is 20.5. The second-order valence-corrected chi connectivity index (χ2v) is 8.24. The molecule has 0 aliphatic rings. The van der Waals surface area contributed by atoms with Crippen LogP contribution >= 0.6 is 0 Å². The van der Waals surface area contributed by atoms with Gasteiger partial charge in [-0.1, -0.05) is 26.7 Å². The van der Waals surface area contributed by atoms with Crippen LogP contribution in [0, 0.1) is 13.8 Å². The summed E-state index contributed by atoms with van der Waals surface area (Å²) in [6, 6.07) is 33.2. The fraction of sp³-hybridized carbons (Fsp3) is 0.333. The zero-order chi connectivity index (χ0) is 22.9. The minimum Gasteiger partial charge on any atom is -0.396 e. The summed E-state index contributed by atoms with van der Waals surface area (Å²) >= 11 is 0. The smallest absolute Gasteiger partial charge is 0.396 e. The van der Waals surface area contributed by atoms with Gasteiger partial charge in [0, 0.05) is 19.7 Å². The van der Waals surface area contributed by atoms with Crippen molar-refractivity contribution in [3.63, 3.8) is 0 Å². The summed E-state index contributed by atoms with van der Waals surface area (Å²) in [5.41, 5.74) is 5.67. The Balaban J connectivity index is 0.000000746. The maximum atomic E-state index is 8.87. The number of unbranched alkanes of at least 4 members (excludes halogenated alkanes) is 3. The van der Waals surface area contributed by atoms with Crippen LogP contribution in [0.4, 0.5) is 0 Å². The minimum absolute atomic E-state index is 0. The predicted octanol–water partition coefficient (Wildman–Crippen LogP) is 7.10. The van der Waals surface area contributed by atoms with E-state index in [1.54, 1.807) is 0 Å². The Morgan fingerprint density at radius 3 is 1.44 bits per heavy atom. The molecule has 0 bridgehead atoms. The summed E-state index contributed by atoms with van der Waals surface area (Å²) in [6.45, 7) is 7.90. The Labute approximate surface area is 228 Å². The SMILES string of the molecule is C[c-]1cccc1CN(CCCCCCO)Cc1ccc[c-]1C.[Fe+2].[Fe+2].c1cc[cH-]c1.c1cc[cH-]c1. The molecule has 186 valence electrons. The molecule has 1 N–H and O–H groups in total. The van der Waals surface area contributed by atoms with E-state index in [1.165, 1.54) is 35.1 Å². The Bertz CT molecular complexity index is 787. The molecule has 0 saturated carbocycles. The monoisotopic (exact) mass is 541 g/mol. The third-order valence-electron chi connectivity index (χ3n) is 5.58. The second kappa shape index (κ2) is 20.7. The van der Waals surface area contributed by atoms with Gasteiger partial charge in [-0.05, 0) is 19.4 Å². The molecule has 0 unspecified atom stereocenters. The normalized spacial score (nSPS) is 9.76. The first-order chi connectivity index (χ1) is 15.7. The van der Waals surface area contributed by atoms with Crippen molar-refractivity contribution in [1.82, 2.24) is 4.90 Å². The summed E-state index contributed by atoms with van der Waals surface area (Å²) in [4.78, 5) is 2.56. The first-order valence-corrected chi connectivity index (χ1v) is 11.8. The van der Waals surface area contributed by atoms with E-state index in [-0.39, 0.29) is 34.1 Å². The molecule has 4 aromatic carbocycles. The summed E-state index contributed by atoms with van der Waals surface area (Å²) < 4.78 is 0. The summed E-state index contributed by atoms with van der Waals surface area (Å²) in [6.07, 6.45) is 4.48. The van der Waals surface area contributed by atoms with Gasteiger partial charge in [-0.25, -0.2) is 48.5 Å². The van der Waals surface area contributed by atoms with Crippen molar-refractivity contribution in [3.05, 3.63) is 119 Å². The fourth-order valence-corrected chi connectivity index (χ4v) is 3.59. The molecule has 0 radical (unpaired) electrons. The number of aliphatic hydroxyl groups excluding tert-OH is 1. The van der Waals surface area contributed by atoms with Crippen LogP contribution in [0.15, 0.2) is 97.1 Å². The Kier molecular flexibility index (Phi) is 19.7. The van der Waals surface area contributed by atoms with Gasteiger partial charge < -0.3 is 5.11 Å². The van der Waals surface area contributed by atoms with E-state index >= 15 is 0 Å². The number of aliphatic hydroxyl groups is 1. The van der Waals surface area contributed by atoms with Gasteiger partial charge in [0.05, 0.1) is 0 Å². The second-order valence-electron chi connectivity index (χ2n) is 8.24. The van der Waals surface area contributed by atoms with E-state index in [0.29, 0.717) is 6.61 Å². The van der Waals surface area contributed by atoms with E-state index in [0.717, 1.165) is 32.5 Å². The maximum Gasteiger partial charge on any atom is 2.00 e. The molecule has 0 aromatic heterocycles. The van der Waals surface area contributed by atoms with Gasteiger partial charge in [0.25, 0.3) is 0 Å². The van der Waals surface area contributed by atoms with Crippen molar-refractivity contribution in [2.75, 3.05) is 13.2 Å². The Morgan fingerprint density at radius 1 is 0.676 bits per heavy atom. The van der Waals surface area contributed by atoms with Crippen LogP contribution in [-0.2, 0) is 47.2 Å². The van der Waals surface area contributed by atoms with Crippen LogP contribution in [0.3, 0.4) is 0 Å². The standard InChI is InChI=1S/C20H29NO.2C5H5.2Fe/c1-17-9-7-11-19(17)15-21(13-5-3-4-6-14-22)16-20-12-8-10-18(20)2;2*1-2-4-5-3-1;;/h7-12,22H,3-6,13-16H2,1-2H3;2*1-5H;;/q-2;2*-1;2*+2. The van der Waals surface area contributed by atoms with E-state index in [9.17, 15) is 0 Å². The van der Waals surface area contributed by atoms with Gasteiger partial charge in [0.1, 0.15) is 0 Å². The molecule has 0 amide bonds. The molecule has 0 heterocycles. The van der Waals surface area contributed by atoms with Gasteiger partial charge in [-0.2, -0.15) is 70.8 Å². The van der Waals surface area contributed by atoms with Crippen molar-refractivity contribution in [3.8, 4) is 0 Å². The molecule has 0 fully saturated rings. The molecular formula is C30H39Fe2NO. The number of hydrogen-bond donors (Lipinski definition) is 1. The zero-order valence-corrected chi connectivity index (χ0v) is 22.7. The maximum absolute atomic E-state index is 8.87. The number of aryl methyl sites for hydroxylation is 2. The van der Waals surface area contributed by atoms with Crippen LogP contribution in [0.2, 0.25) is 0 Å². The fourth-order valence-electron chi connectivity index (χ4n) is 3.59. The average molecular weight is 541 g/mol. The third kappa shape index (κ3) is 13.9. The molecule has 4 rings (SSSR count). The van der Waals surface area contributed by atoms with Gasteiger partial charge in [-0.15, -0.1) is 0 Å². The van der Waals surface area contributed by atoms with Gasteiger partial charge in [0.15, 0.2) is 0 Å². The van der Waals surface area contributed by atoms with Gasteiger partial charge in [0.2, 0.25) is 0 Å². The van der Waals surface area contributed by atoms with Gasteiger partial charge in [-0.3, -0.25) is 4.90 Å². The van der Waals surface area contributed by atoms with Crippen LogP contribution in [0.25, 0.3) is 0 Å². The predicted molar refractivity (Wildman–Crippen MR) is 137 cm³/mol. The average Bonchev–Trinajstić information content (AvgIpc) is 3.61. The quantitative estimate of drug-likeness (QED) is 0.132. The summed E-state index contributed by atoms with van der Waals surface area (Å²) in [5, 5.41) is 8.87. The third-order valence-corrected chi connectivity index (χ3v) is 5.58. The summed E-state index contributed by atoms with van der Waals surface area (Å²) in [7, 11) is 0. The van der Waals surface area contributed by atoms with E-state index in [2.05, 4.69) is 55.1 Å². The molecule has 0 aliphatic heterocycles. The number of nitrogens with zero attached hydrogens (tertiary/aromatic N) is 1. The molecular weight excluding hydrogens is 502 g/mol. The van der Waals surface area contributed by atoms with Crippen LogP contribution in [0.1, 0.15) is 47.9 Å². The van der Waals surface area contributed by atoms with E-state index in [4.69, 9.17) is 5.11 Å². The van der Waals surface area contributed by atoms with Gasteiger partial charge >= 0.3 is 34.1 Å². The van der Waals surface area contributed by atoms with Crippen molar-refractivity contribution in [2.45, 2.75) is 52.6 Å². The van der Waals surface area contributed by atoms with E-state index < -0.39 is 0 Å².